The molecule has 2 heterocycles. The van der Waals surface area contributed by atoms with Gasteiger partial charge in [0.25, 0.3) is 0 Å². The Bertz CT molecular complexity index is 1550. The van der Waals surface area contributed by atoms with Crippen molar-refractivity contribution in [1.82, 2.24) is 14.7 Å². The van der Waals surface area contributed by atoms with Crippen LogP contribution in [0.1, 0.15) is 46.3 Å². The van der Waals surface area contributed by atoms with Crippen LogP contribution < -0.4 is 10.5 Å². The molecule has 5 rings (SSSR count). The predicted molar refractivity (Wildman–Crippen MR) is 150 cm³/mol. The summed E-state index contributed by atoms with van der Waals surface area (Å²) in [6.07, 6.45) is -0.830. The molecule has 41 heavy (non-hydrogen) atoms. The number of hydrogen-bond acceptors (Lipinski definition) is 6. The van der Waals surface area contributed by atoms with Gasteiger partial charge in [-0.05, 0) is 86.1 Å². The number of ether oxygens (including phenoxy) is 1. The van der Waals surface area contributed by atoms with Crippen LogP contribution in [0.25, 0.3) is 11.5 Å². The summed E-state index contributed by atoms with van der Waals surface area (Å²) in [6, 6.07) is 15.9. The number of piperidine rings is 1. The monoisotopic (exact) mass is 607 g/mol. The van der Waals surface area contributed by atoms with Crippen molar-refractivity contribution < 1.29 is 27.1 Å². The Morgan fingerprint density at radius 2 is 1.63 bits per heavy atom. The topological polar surface area (TPSA) is 77.6 Å². The van der Waals surface area contributed by atoms with E-state index in [1.165, 1.54) is 43.5 Å². The first kappa shape index (κ1) is 30.4. The van der Waals surface area contributed by atoms with Gasteiger partial charge in [0.1, 0.15) is 5.75 Å². The van der Waals surface area contributed by atoms with E-state index in [-0.39, 0.29) is 36.2 Å². The van der Waals surface area contributed by atoms with E-state index in [0.29, 0.717) is 16.1 Å². The molecule has 3 aromatic carbocycles. The number of halogens is 5. The highest BCUT2D eigenvalue weighted by atomic mass is 35.5. The lowest BCUT2D eigenvalue weighted by Crippen LogP contribution is -2.29. The average Bonchev–Trinajstić information content (AvgIpc) is 3.30. The van der Waals surface area contributed by atoms with E-state index in [1.807, 2.05) is 12.1 Å². The molecule has 1 aromatic heterocycles. The third-order valence-electron chi connectivity index (χ3n) is 6.66. The minimum Gasteiger partial charge on any atom is -0.423 e. The van der Waals surface area contributed by atoms with Gasteiger partial charge < -0.3 is 9.15 Å². The zero-order valence-electron chi connectivity index (χ0n) is 21.7. The van der Waals surface area contributed by atoms with Gasteiger partial charge in [-0.1, -0.05) is 30.2 Å². The lowest BCUT2D eigenvalue weighted by molar-refractivity contribution is -0.137. The van der Waals surface area contributed by atoms with Crippen molar-refractivity contribution in [2.24, 2.45) is 0 Å². The number of alkyl halides is 3. The molecule has 1 saturated heterocycles. The first-order chi connectivity index (χ1) is 19.2. The van der Waals surface area contributed by atoms with Crippen molar-refractivity contribution in [1.29, 1.82) is 0 Å². The van der Waals surface area contributed by atoms with Gasteiger partial charge in [0, 0.05) is 22.7 Å². The molecule has 1 aliphatic heterocycles. The summed E-state index contributed by atoms with van der Waals surface area (Å²) in [6.45, 7) is 2.83. The standard InChI is InChI=1S/C29H25ClF3N3O4.ClH/c30-24-12-13-25(39-27(37)21-6-4-19(5-7-21)17-35-14-2-1-3-15-35)22(16-24)18-36-28(38)40-26(34-36)20-8-10-23(11-9-20)29(31,32)33;/h4-13,16H,1-3,14-15,17-18H2;1H. The number of benzene rings is 3. The van der Waals surface area contributed by atoms with Crippen LogP contribution in [0.4, 0.5) is 13.2 Å². The molecule has 4 aromatic rings. The fraction of sp³-hybridized carbons (Fsp3) is 0.276. The maximum Gasteiger partial charge on any atom is 0.437 e. The van der Waals surface area contributed by atoms with E-state index >= 15 is 0 Å². The van der Waals surface area contributed by atoms with Crippen LogP contribution in [0.15, 0.2) is 75.9 Å². The Kier molecular flexibility index (Phi) is 9.57. The Morgan fingerprint density at radius 1 is 0.951 bits per heavy atom. The molecule has 1 fully saturated rings. The maximum atomic E-state index is 12.9. The number of likely N-dealkylation sites (tertiary alicyclic amines) is 1. The number of nitrogens with zero attached hydrogens (tertiary/aromatic N) is 3. The highest BCUT2D eigenvalue weighted by Gasteiger charge is 2.30. The van der Waals surface area contributed by atoms with Crippen LogP contribution in [-0.2, 0) is 19.3 Å². The van der Waals surface area contributed by atoms with Crippen molar-refractivity contribution in [3.8, 4) is 17.2 Å². The smallest absolute Gasteiger partial charge is 0.423 e. The molecular formula is C29H26Cl2F3N3O4. The number of aromatic nitrogens is 2. The number of esters is 1. The summed E-state index contributed by atoms with van der Waals surface area (Å²) in [7, 11) is 0. The van der Waals surface area contributed by atoms with Crippen molar-refractivity contribution in [2.75, 3.05) is 13.1 Å². The van der Waals surface area contributed by atoms with Crippen LogP contribution >= 0.6 is 24.0 Å². The summed E-state index contributed by atoms with van der Waals surface area (Å²) < 4.78 is 50.4. The number of carbonyl (C=O) groups is 1. The van der Waals surface area contributed by atoms with Crippen LogP contribution in [0.3, 0.4) is 0 Å². The third-order valence-corrected chi connectivity index (χ3v) is 6.89. The van der Waals surface area contributed by atoms with E-state index in [2.05, 4.69) is 10.00 Å². The zero-order valence-corrected chi connectivity index (χ0v) is 23.3. The number of rotatable bonds is 7. The molecule has 0 amide bonds. The summed E-state index contributed by atoms with van der Waals surface area (Å²) in [4.78, 5) is 27.8. The number of hydrogen-bond donors (Lipinski definition) is 0. The van der Waals surface area contributed by atoms with Crippen molar-refractivity contribution in [2.45, 2.75) is 38.5 Å². The summed E-state index contributed by atoms with van der Waals surface area (Å²) in [5.74, 6) is -1.39. The normalized spacial score (nSPS) is 14.0. The molecule has 1 aliphatic rings. The second kappa shape index (κ2) is 12.9. The molecular weight excluding hydrogens is 582 g/mol. The Labute approximate surface area is 244 Å². The molecule has 0 aliphatic carbocycles. The molecule has 0 unspecified atom stereocenters. The van der Waals surface area contributed by atoms with E-state index in [1.54, 1.807) is 18.2 Å². The molecule has 0 radical (unpaired) electrons. The van der Waals surface area contributed by atoms with Crippen molar-refractivity contribution in [3.63, 3.8) is 0 Å². The second-order valence-corrected chi connectivity index (χ2v) is 10.0. The second-order valence-electron chi connectivity index (χ2n) is 9.58. The minimum atomic E-state index is -4.49. The van der Waals surface area contributed by atoms with E-state index in [4.69, 9.17) is 20.8 Å². The largest absolute Gasteiger partial charge is 0.437 e. The average molecular weight is 608 g/mol. The van der Waals surface area contributed by atoms with Crippen LogP contribution in [0, 0.1) is 0 Å². The zero-order chi connectivity index (χ0) is 28.3. The molecule has 0 saturated carbocycles. The minimum absolute atomic E-state index is 0. The van der Waals surface area contributed by atoms with Crippen molar-refractivity contribution >= 4 is 30.0 Å². The highest BCUT2D eigenvalue weighted by molar-refractivity contribution is 6.30. The maximum absolute atomic E-state index is 12.9. The van der Waals surface area contributed by atoms with Gasteiger partial charge in [-0.3, -0.25) is 4.90 Å². The van der Waals surface area contributed by atoms with Crippen LogP contribution in [0.2, 0.25) is 5.02 Å². The Hall–Kier alpha value is -3.60. The van der Waals surface area contributed by atoms with Gasteiger partial charge in [0.05, 0.1) is 17.7 Å². The quantitative estimate of drug-likeness (QED) is 0.169. The molecule has 216 valence electrons. The van der Waals surface area contributed by atoms with E-state index < -0.39 is 23.5 Å². The fourth-order valence-corrected chi connectivity index (χ4v) is 4.73. The van der Waals surface area contributed by atoms with Gasteiger partial charge >= 0.3 is 17.9 Å². The predicted octanol–water partition coefficient (Wildman–Crippen LogP) is 6.85. The lowest BCUT2D eigenvalue weighted by atomic mass is 10.1. The molecule has 0 N–H and O–H groups in total. The van der Waals surface area contributed by atoms with Gasteiger partial charge in [0.2, 0.25) is 5.89 Å². The van der Waals surface area contributed by atoms with Crippen LogP contribution in [0.5, 0.6) is 5.75 Å². The molecule has 7 nitrogen and oxygen atoms in total. The first-order valence-corrected chi connectivity index (χ1v) is 13.1. The van der Waals surface area contributed by atoms with Gasteiger partial charge in [-0.15, -0.1) is 17.5 Å². The molecule has 0 spiro atoms. The summed E-state index contributed by atoms with van der Waals surface area (Å²) in [5.41, 5.74) is 1.23. The lowest BCUT2D eigenvalue weighted by Gasteiger charge is -2.26. The molecule has 0 atom stereocenters. The van der Waals surface area contributed by atoms with Crippen molar-refractivity contribution in [3.05, 3.63) is 105 Å². The van der Waals surface area contributed by atoms with Gasteiger partial charge in [-0.25, -0.2) is 9.59 Å². The van der Waals surface area contributed by atoms with E-state index in [0.717, 1.165) is 42.0 Å². The number of carbonyl (C=O) groups excluding carboxylic acids is 1. The molecule has 0 bridgehead atoms. The summed E-state index contributed by atoms with van der Waals surface area (Å²) >= 11 is 6.16. The van der Waals surface area contributed by atoms with Gasteiger partial charge in [0.15, 0.2) is 0 Å². The Balaban J connectivity index is 0.00000387. The third kappa shape index (κ3) is 7.58. The first-order valence-electron chi connectivity index (χ1n) is 12.7. The van der Waals surface area contributed by atoms with Gasteiger partial charge in [-0.2, -0.15) is 17.9 Å². The highest BCUT2D eigenvalue weighted by Crippen LogP contribution is 2.31. The fourth-order valence-electron chi connectivity index (χ4n) is 4.54. The Morgan fingerprint density at radius 3 is 2.29 bits per heavy atom. The van der Waals surface area contributed by atoms with Crippen LogP contribution in [-0.4, -0.2) is 33.7 Å². The summed E-state index contributed by atoms with van der Waals surface area (Å²) in [5, 5.41) is 4.45. The SMILES string of the molecule is Cl.O=C(Oc1ccc(Cl)cc1Cn1nc(-c2ccc(C(F)(F)F)cc2)oc1=O)c1ccc(CN2CCCCC2)cc1. The van der Waals surface area contributed by atoms with E-state index in [9.17, 15) is 22.8 Å². The molecule has 12 heteroatoms.